The van der Waals surface area contributed by atoms with Gasteiger partial charge in [0.25, 0.3) is 0 Å². The molecule has 0 aliphatic heterocycles. The van der Waals surface area contributed by atoms with Crippen LogP contribution < -0.4 is 5.32 Å². The molecule has 8 heteroatoms. The van der Waals surface area contributed by atoms with Gasteiger partial charge in [0.1, 0.15) is 10.8 Å². The zero-order chi connectivity index (χ0) is 20.8. The summed E-state index contributed by atoms with van der Waals surface area (Å²) in [6, 6.07) is 13.3. The zero-order valence-electron chi connectivity index (χ0n) is 15.3. The summed E-state index contributed by atoms with van der Waals surface area (Å²) in [6.07, 6.45) is 0.0732. The quantitative estimate of drug-likeness (QED) is 0.547. The van der Waals surface area contributed by atoms with Crippen molar-refractivity contribution in [1.29, 1.82) is 0 Å². The molecule has 2 N–H and O–H groups in total. The molecule has 150 valence electrons. The summed E-state index contributed by atoms with van der Waals surface area (Å²) in [7, 11) is 0. The van der Waals surface area contributed by atoms with Crippen molar-refractivity contribution in [3.8, 4) is 11.3 Å². The number of carbonyl (C=O) groups is 2. The van der Waals surface area contributed by atoms with Gasteiger partial charge < -0.3 is 10.4 Å². The van der Waals surface area contributed by atoms with Crippen LogP contribution in [0.15, 0.2) is 53.9 Å². The van der Waals surface area contributed by atoms with Crippen LogP contribution in [0.2, 0.25) is 5.02 Å². The summed E-state index contributed by atoms with van der Waals surface area (Å²) in [5.41, 5.74) is 1.90. The van der Waals surface area contributed by atoms with Gasteiger partial charge in [-0.05, 0) is 30.2 Å². The summed E-state index contributed by atoms with van der Waals surface area (Å²) in [5.74, 6) is -2.48. The second-order valence-corrected chi connectivity index (χ2v) is 7.80. The highest BCUT2D eigenvalue weighted by atomic mass is 35.5. The van der Waals surface area contributed by atoms with Crippen molar-refractivity contribution in [2.75, 3.05) is 0 Å². The van der Waals surface area contributed by atoms with Crippen LogP contribution in [-0.2, 0) is 22.6 Å². The molecule has 1 aromatic heterocycles. The van der Waals surface area contributed by atoms with Crippen molar-refractivity contribution in [2.24, 2.45) is 5.92 Å². The van der Waals surface area contributed by atoms with Gasteiger partial charge in [0.15, 0.2) is 0 Å². The Bertz CT molecular complexity index is 1010. The van der Waals surface area contributed by atoms with Gasteiger partial charge in [0.2, 0.25) is 5.91 Å². The fourth-order valence-corrected chi connectivity index (χ4v) is 3.83. The molecule has 0 spiro atoms. The van der Waals surface area contributed by atoms with Gasteiger partial charge >= 0.3 is 5.97 Å². The number of benzene rings is 2. The Kier molecular flexibility index (Phi) is 6.95. The largest absolute Gasteiger partial charge is 0.481 e. The number of thiazole rings is 1. The van der Waals surface area contributed by atoms with E-state index in [0.29, 0.717) is 27.7 Å². The Morgan fingerprint density at radius 3 is 2.69 bits per heavy atom. The van der Waals surface area contributed by atoms with Gasteiger partial charge in [-0.25, -0.2) is 9.37 Å². The van der Waals surface area contributed by atoms with Crippen molar-refractivity contribution in [3.63, 3.8) is 0 Å². The maximum Gasteiger partial charge on any atom is 0.304 e. The van der Waals surface area contributed by atoms with E-state index < -0.39 is 17.7 Å². The zero-order valence-corrected chi connectivity index (χ0v) is 16.8. The number of hydrogen-bond acceptors (Lipinski definition) is 4. The summed E-state index contributed by atoms with van der Waals surface area (Å²) in [5, 5.41) is 14.6. The number of halogens is 2. The van der Waals surface area contributed by atoms with Crippen molar-refractivity contribution < 1.29 is 19.1 Å². The fraction of sp³-hybridized carbons (Fsp3) is 0.190. The van der Waals surface area contributed by atoms with Gasteiger partial charge in [-0.2, -0.15) is 0 Å². The summed E-state index contributed by atoms with van der Waals surface area (Å²) < 4.78 is 13.5. The summed E-state index contributed by atoms with van der Waals surface area (Å²) in [4.78, 5) is 28.1. The number of hydrogen-bond donors (Lipinski definition) is 2. The van der Waals surface area contributed by atoms with Gasteiger partial charge in [-0.3, -0.25) is 9.59 Å². The molecular weight excluding hydrogens is 415 g/mol. The van der Waals surface area contributed by atoms with Crippen LogP contribution >= 0.6 is 22.9 Å². The number of aliphatic carboxylic acids is 1. The summed E-state index contributed by atoms with van der Waals surface area (Å²) in [6.45, 7) is 0.154. The average molecular weight is 433 g/mol. The second kappa shape index (κ2) is 9.62. The van der Waals surface area contributed by atoms with Crippen molar-refractivity contribution in [2.45, 2.75) is 19.4 Å². The lowest BCUT2D eigenvalue weighted by molar-refractivity contribution is -0.141. The molecule has 0 radical (unpaired) electrons. The number of amides is 1. The number of rotatable bonds is 8. The molecule has 3 aromatic rings. The first-order valence-electron chi connectivity index (χ1n) is 8.85. The third kappa shape index (κ3) is 5.85. The van der Waals surface area contributed by atoms with Crippen molar-refractivity contribution >= 4 is 34.8 Å². The lowest BCUT2D eigenvalue weighted by Gasteiger charge is -2.14. The highest BCUT2D eigenvalue weighted by Gasteiger charge is 2.22. The van der Waals surface area contributed by atoms with Gasteiger partial charge in [0.05, 0.1) is 29.6 Å². The smallest absolute Gasteiger partial charge is 0.304 e. The van der Waals surface area contributed by atoms with Gasteiger partial charge in [0, 0.05) is 10.9 Å². The minimum absolute atomic E-state index is 0.154. The van der Waals surface area contributed by atoms with Crippen LogP contribution in [0.4, 0.5) is 4.39 Å². The fourth-order valence-electron chi connectivity index (χ4n) is 2.88. The molecule has 1 atom stereocenters. The third-order valence-electron chi connectivity index (χ3n) is 4.29. The number of carbonyl (C=O) groups excluding carboxylic acids is 1. The SMILES string of the molecule is O=C(O)C[C@@H](Cc1ccccc1)C(=O)NCc1nc(-c2cc(F)ccc2Cl)cs1. The molecule has 0 unspecified atom stereocenters. The van der Waals surface area contributed by atoms with E-state index in [9.17, 15) is 14.0 Å². The van der Waals surface area contributed by atoms with Crippen LogP contribution in [0, 0.1) is 11.7 Å². The lowest BCUT2D eigenvalue weighted by Crippen LogP contribution is -2.33. The standard InChI is InChI=1S/C21H18ClFN2O3S/c22-17-7-6-15(23)10-16(17)18-12-29-19(25-18)11-24-21(28)14(9-20(26)27)8-13-4-2-1-3-5-13/h1-7,10,12,14H,8-9,11H2,(H,24,28)(H,26,27)/t14-/m1/s1. The van der Waals surface area contributed by atoms with E-state index in [1.807, 2.05) is 30.3 Å². The molecule has 1 heterocycles. The first-order valence-corrected chi connectivity index (χ1v) is 10.1. The van der Waals surface area contributed by atoms with Gasteiger partial charge in [-0.15, -0.1) is 11.3 Å². The van der Waals surface area contributed by atoms with E-state index in [4.69, 9.17) is 16.7 Å². The monoisotopic (exact) mass is 432 g/mol. The first-order chi connectivity index (χ1) is 13.9. The maximum absolute atomic E-state index is 13.5. The Hall–Kier alpha value is -2.77. The molecule has 0 bridgehead atoms. The van der Waals surface area contributed by atoms with E-state index >= 15 is 0 Å². The van der Waals surface area contributed by atoms with Crippen LogP contribution in [0.25, 0.3) is 11.3 Å². The molecule has 3 rings (SSSR count). The Morgan fingerprint density at radius 2 is 1.97 bits per heavy atom. The molecule has 2 aromatic carbocycles. The molecule has 0 fully saturated rings. The van der Waals surface area contributed by atoms with Crippen molar-refractivity contribution in [3.05, 3.63) is 75.3 Å². The Balaban J connectivity index is 1.66. The molecule has 0 aliphatic carbocycles. The van der Waals surface area contributed by atoms with E-state index in [0.717, 1.165) is 5.56 Å². The first kappa shape index (κ1) is 21.0. The molecular formula is C21H18ClFN2O3S. The predicted octanol–water partition coefficient (Wildman–Crippen LogP) is 4.55. The highest BCUT2D eigenvalue weighted by molar-refractivity contribution is 7.09. The number of nitrogens with one attached hydrogen (secondary N) is 1. The Morgan fingerprint density at radius 1 is 1.21 bits per heavy atom. The molecule has 29 heavy (non-hydrogen) atoms. The molecule has 5 nitrogen and oxygen atoms in total. The number of nitrogens with zero attached hydrogens (tertiary/aromatic N) is 1. The predicted molar refractivity (Wildman–Crippen MR) is 110 cm³/mol. The van der Waals surface area contributed by atoms with E-state index in [2.05, 4.69) is 10.3 Å². The number of carboxylic acids is 1. The lowest BCUT2D eigenvalue weighted by atomic mass is 9.95. The molecule has 0 saturated heterocycles. The number of carboxylic acid groups (broad SMARTS) is 1. The minimum Gasteiger partial charge on any atom is -0.481 e. The van der Waals surface area contributed by atoms with Crippen LogP contribution in [0.3, 0.4) is 0 Å². The van der Waals surface area contributed by atoms with E-state index in [1.54, 1.807) is 5.38 Å². The van der Waals surface area contributed by atoms with Gasteiger partial charge in [-0.1, -0.05) is 41.9 Å². The van der Waals surface area contributed by atoms with E-state index in [1.165, 1.54) is 29.5 Å². The van der Waals surface area contributed by atoms with Crippen LogP contribution in [-0.4, -0.2) is 22.0 Å². The van der Waals surface area contributed by atoms with Crippen LogP contribution in [0.5, 0.6) is 0 Å². The molecule has 1 amide bonds. The normalized spacial score (nSPS) is 11.8. The second-order valence-electron chi connectivity index (χ2n) is 6.45. The average Bonchev–Trinajstić information content (AvgIpc) is 3.17. The van der Waals surface area contributed by atoms with E-state index in [-0.39, 0.29) is 18.9 Å². The highest BCUT2D eigenvalue weighted by Crippen LogP contribution is 2.29. The summed E-state index contributed by atoms with van der Waals surface area (Å²) >= 11 is 7.41. The van der Waals surface area contributed by atoms with Crippen LogP contribution in [0.1, 0.15) is 17.0 Å². The maximum atomic E-state index is 13.5. The topological polar surface area (TPSA) is 79.3 Å². The molecule has 0 aliphatic rings. The van der Waals surface area contributed by atoms with Crippen molar-refractivity contribution in [1.82, 2.24) is 10.3 Å². The Labute approximate surface area is 176 Å². The third-order valence-corrected chi connectivity index (χ3v) is 5.47. The molecule has 0 saturated carbocycles. The number of aromatic nitrogens is 1. The minimum atomic E-state index is -1.03.